The first-order valence-electron chi connectivity index (χ1n) is 7.08. The van der Waals surface area contributed by atoms with E-state index in [2.05, 4.69) is 16.7 Å². The molecule has 1 aliphatic heterocycles. The number of hydrogen-bond acceptors (Lipinski definition) is 2. The van der Waals surface area contributed by atoms with Crippen LogP contribution < -0.4 is 10.6 Å². The average Bonchev–Trinajstić information content (AvgIpc) is 2.50. The van der Waals surface area contributed by atoms with Crippen LogP contribution in [0.5, 0.6) is 0 Å². The Morgan fingerprint density at radius 2 is 2.00 bits per heavy atom. The third-order valence-electron chi connectivity index (χ3n) is 3.70. The van der Waals surface area contributed by atoms with Crippen molar-refractivity contribution in [2.45, 2.75) is 19.4 Å². The van der Waals surface area contributed by atoms with Crippen LogP contribution in [-0.2, 0) is 24.2 Å². The standard InChI is InChI=1S/C17H17FN2O/c18-14-6-4-12(5-7-14)10-17(21)20-16-3-1-2-13-8-9-19-11-15(13)16/h1-7,19H,8-11H2,(H,20,21). The normalized spacial score (nSPS) is 13.6. The second kappa shape index (κ2) is 6.06. The molecule has 3 rings (SSSR count). The Kier molecular flexibility index (Phi) is 3.97. The first-order chi connectivity index (χ1) is 10.2. The summed E-state index contributed by atoms with van der Waals surface area (Å²) in [5, 5.41) is 6.28. The van der Waals surface area contributed by atoms with Gasteiger partial charge in [0.1, 0.15) is 5.82 Å². The number of halogens is 1. The van der Waals surface area contributed by atoms with E-state index < -0.39 is 0 Å². The highest BCUT2D eigenvalue weighted by atomic mass is 19.1. The topological polar surface area (TPSA) is 41.1 Å². The fourth-order valence-electron chi connectivity index (χ4n) is 2.61. The summed E-state index contributed by atoms with van der Waals surface area (Å²) in [6, 6.07) is 12.0. The van der Waals surface area contributed by atoms with Gasteiger partial charge in [-0.25, -0.2) is 4.39 Å². The van der Waals surface area contributed by atoms with Crippen LogP contribution in [0.25, 0.3) is 0 Å². The highest BCUT2D eigenvalue weighted by Crippen LogP contribution is 2.23. The van der Waals surface area contributed by atoms with Crippen LogP contribution in [0.4, 0.5) is 10.1 Å². The van der Waals surface area contributed by atoms with Crippen molar-refractivity contribution in [3.05, 3.63) is 65.0 Å². The molecule has 0 radical (unpaired) electrons. The molecule has 0 saturated heterocycles. The van der Waals surface area contributed by atoms with E-state index in [1.54, 1.807) is 12.1 Å². The van der Waals surface area contributed by atoms with Crippen LogP contribution in [0.3, 0.4) is 0 Å². The Morgan fingerprint density at radius 3 is 2.81 bits per heavy atom. The quantitative estimate of drug-likeness (QED) is 0.910. The highest BCUT2D eigenvalue weighted by Gasteiger charge is 2.14. The maximum Gasteiger partial charge on any atom is 0.228 e. The van der Waals surface area contributed by atoms with E-state index in [1.807, 2.05) is 12.1 Å². The van der Waals surface area contributed by atoms with E-state index in [4.69, 9.17) is 0 Å². The largest absolute Gasteiger partial charge is 0.325 e. The molecule has 1 aliphatic rings. The molecule has 0 saturated carbocycles. The molecule has 2 aromatic carbocycles. The molecule has 0 aliphatic carbocycles. The maximum absolute atomic E-state index is 12.9. The number of fused-ring (bicyclic) bond motifs is 1. The minimum atomic E-state index is -0.289. The van der Waals surface area contributed by atoms with Gasteiger partial charge in [0.25, 0.3) is 0 Å². The zero-order valence-electron chi connectivity index (χ0n) is 11.7. The van der Waals surface area contributed by atoms with Crippen molar-refractivity contribution in [2.24, 2.45) is 0 Å². The molecule has 3 nitrogen and oxygen atoms in total. The Hall–Kier alpha value is -2.20. The molecule has 1 heterocycles. The summed E-state index contributed by atoms with van der Waals surface area (Å²) in [5.74, 6) is -0.372. The Labute approximate surface area is 123 Å². The lowest BCUT2D eigenvalue weighted by atomic mass is 9.99. The van der Waals surface area contributed by atoms with E-state index in [0.29, 0.717) is 0 Å². The van der Waals surface area contributed by atoms with Gasteiger partial charge in [-0.2, -0.15) is 0 Å². The second-order valence-corrected chi connectivity index (χ2v) is 5.22. The van der Waals surface area contributed by atoms with Gasteiger partial charge in [0.2, 0.25) is 5.91 Å². The van der Waals surface area contributed by atoms with Crippen molar-refractivity contribution in [3.63, 3.8) is 0 Å². The lowest BCUT2D eigenvalue weighted by molar-refractivity contribution is -0.115. The van der Waals surface area contributed by atoms with E-state index in [9.17, 15) is 9.18 Å². The molecule has 1 amide bonds. The van der Waals surface area contributed by atoms with E-state index in [0.717, 1.165) is 36.3 Å². The summed E-state index contributed by atoms with van der Waals surface area (Å²) >= 11 is 0. The molecule has 0 unspecified atom stereocenters. The minimum Gasteiger partial charge on any atom is -0.325 e. The lowest BCUT2D eigenvalue weighted by Gasteiger charge is -2.20. The number of carbonyl (C=O) groups is 1. The van der Waals surface area contributed by atoms with E-state index in [-0.39, 0.29) is 18.1 Å². The number of benzene rings is 2. The van der Waals surface area contributed by atoms with E-state index in [1.165, 1.54) is 17.7 Å². The van der Waals surface area contributed by atoms with Crippen LogP contribution in [0, 0.1) is 5.82 Å². The second-order valence-electron chi connectivity index (χ2n) is 5.22. The summed E-state index contributed by atoms with van der Waals surface area (Å²) in [6.07, 6.45) is 1.23. The van der Waals surface area contributed by atoms with Gasteiger partial charge >= 0.3 is 0 Å². The van der Waals surface area contributed by atoms with Gasteiger partial charge in [0.05, 0.1) is 6.42 Å². The molecular weight excluding hydrogens is 267 g/mol. The zero-order valence-corrected chi connectivity index (χ0v) is 11.7. The SMILES string of the molecule is O=C(Cc1ccc(F)cc1)Nc1cccc2c1CNCC2. The molecule has 21 heavy (non-hydrogen) atoms. The summed E-state index contributed by atoms with van der Waals surface area (Å²) in [7, 11) is 0. The van der Waals surface area contributed by atoms with Crippen molar-refractivity contribution in [1.82, 2.24) is 5.32 Å². The molecule has 2 aromatic rings. The van der Waals surface area contributed by atoms with Gasteiger partial charge in [-0.15, -0.1) is 0 Å². The van der Waals surface area contributed by atoms with Crippen molar-refractivity contribution >= 4 is 11.6 Å². The minimum absolute atomic E-state index is 0.0828. The molecule has 0 bridgehead atoms. The molecule has 0 atom stereocenters. The monoisotopic (exact) mass is 284 g/mol. The number of amides is 1. The summed E-state index contributed by atoms with van der Waals surface area (Å²) in [4.78, 5) is 12.1. The van der Waals surface area contributed by atoms with Gasteiger partial charge < -0.3 is 10.6 Å². The fourth-order valence-corrected chi connectivity index (χ4v) is 2.61. The molecule has 4 heteroatoms. The smallest absolute Gasteiger partial charge is 0.228 e. The predicted molar refractivity (Wildman–Crippen MR) is 80.6 cm³/mol. The third-order valence-corrected chi connectivity index (χ3v) is 3.70. The molecule has 108 valence electrons. The zero-order chi connectivity index (χ0) is 14.7. The first kappa shape index (κ1) is 13.8. The van der Waals surface area contributed by atoms with E-state index >= 15 is 0 Å². The summed E-state index contributed by atoms with van der Waals surface area (Å²) < 4.78 is 12.9. The summed E-state index contributed by atoms with van der Waals surface area (Å²) in [5.41, 5.74) is 4.12. The van der Waals surface area contributed by atoms with Crippen LogP contribution in [0.1, 0.15) is 16.7 Å². The van der Waals surface area contributed by atoms with Crippen molar-refractivity contribution < 1.29 is 9.18 Å². The predicted octanol–water partition coefficient (Wildman–Crippen LogP) is 2.65. The van der Waals surface area contributed by atoms with Crippen molar-refractivity contribution in [3.8, 4) is 0 Å². The number of rotatable bonds is 3. The Morgan fingerprint density at radius 1 is 1.19 bits per heavy atom. The third kappa shape index (κ3) is 3.28. The fraction of sp³-hybridized carbons (Fsp3) is 0.235. The molecule has 2 N–H and O–H groups in total. The molecular formula is C17H17FN2O. The van der Waals surface area contributed by atoms with Crippen LogP contribution in [-0.4, -0.2) is 12.5 Å². The van der Waals surface area contributed by atoms with Gasteiger partial charge in [0, 0.05) is 12.2 Å². The van der Waals surface area contributed by atoms with Gasteiger partial charge in [-0.3, -0.25) is 4.79 Å². The van der Waals surface area contributed by atoms with Crippen molar-refractivity contribution in [1.29, 1.82) is 0 Å². The summed E-state index contributed by atoms with van der Waals surface area (Å²) in [6.45, 7) is 1.75. The van der Waals surface area contributed by atoms with Gasteiger partial charge in [-0.1, -0.05) is 24.3 Å². The number of carbonyl (C=O) groups excluding carboxylic acids is 1. The molecule has 0 spiro atoms. The highest BCUT2D eigenvalue weighted by molar-refractivity contribution is 5.93. The number of anilines is 1. The molecule has 0 aromatic heterocycles. The number of nitrogens with one attached hydrogen (secondary N) is 2. The first-order valence-corrected chi connectivity index (χ1v) is 7.08. The van der Waals surface area contributed by atoms with Crippen LogP contribution in [0.2, 0.25) is 0 Å². The Bertz CT molecular complexity index is 652. The Balaban J connectivity index is 1.71. The van der Waals surface area contributed by atoms with Crippen LogP contribution in [0.15, 0.2) is 42.5 Å². The van der Waals surface area contributed by atoms with Gasteiger partial charge in [0.15, 0.2) is 0 Å². The maximum atomic E-state index is 12.9. The van der Waals surface area contributed by atoms with Gasteiger partial charge in [-0.05, 0) is 47.9 Å². The number of hydrogen-bond donors (Lipinski definition) is 2. The lowest BCUT2D eigenvalue weighted by Crippen LogP contribution is -2.25. The molecule has 0 fully saturated rings. The van der Waals surface area contributed by atoms with Crippen LogP contribution >= 0.6 is 0 Å². The van der Waals surface area contributed by atoms with Crippen molar-refractivity contribution in [2.75, 3.05) is 11.9 Å². The average molecular weight is 284 g/mol.